The number of fused-ring (bicyclic) bond motifs is 3. The highest BCUT2D eigenvalue weighted by Gasteiger charge is 2.68. The topological polar surface area (TPSA) is 104 Å². The van der Waals surface area contributed by atoms with E-state index in [1.165, 1.54) is 7.11 Å². The van der Waals surface area contributed by atoms with Crippen molar-refractivity contribution in [2.24, 2.45) is 16.2 Å². The van der Waals surface area contributed by atoms with E-state index in [0.29, 0.717) is 6.42 Å². The molecule has 0 aromatic rings. The first kappa shape index (κ1) is 19.8. The van der Waals surface area contributed by atoms with Crippen LogP contribution in [-0.2, 0) is 14.3 Å². The molecule has 0 aliphatic heterocycles. The molecule has 3 aliphatic carbocycles. The van der Waals surface area contributed by atoms with E-state index in [9.17, 15) is 24.9 Å². The van der Waals surface area contributed by atoms with Gasteiger partial charge in [0.05, 0.1) is 24.0 Å². The van der Waals surface area contributed by atoms with Gasteiger partial charge in [0.1, 0.15) is 5.60 Å². The van der Waals surface area contributed by atoms with Gasteiger partial charge in [0.2, 0.25) is 5.78 Å². The largest absolute Gasteiger partial charge is 0.504 e. The number of esters is 1. The van der Waals surface area contributed by atoms with Crippen LogP contribution in [0.5, 0.6) is 0 Å². The fourth-order valence-corrected chi connectivity index (χ4v) is 5.30. The minimum absolute atomic E-state index is 0.0630. The van der Waals surface area contributed by atoms with Crippen LogP contribution >= 0.6 is 0 Å². The van der Waals surface area contributed by atoms with Gasteiger partial charge in [0, 0.05) is 16.6 Å². The molecule has 0 amide bonds. The summed E-state index contributed by atoms with van der Waals surface area (Å²) >= 11 is 0. The van der Waals surface area contributed by atoms with Crippen molar-refractivity contribution in [3.05, 3.63) is 35.6 Å². The number of Topliss-reactive ketones (excluding diaryl/α,β-unsaturated/α-hetero) is 1. The number of ether oxygens (including phenoxy) is 1. The molecule has 3 rings (SSSR count). The van der Waals surface area contributed by atoms with Crippen molar-refractivity contribution in [1.29, 1.82) is 0 Å². The van der Waals surface area contributed by atoms with Gasteiger partial charge >= 0.3 is 5.97 Å². The minimum atomic E-state index is -1.69. The summed E-state index contributed by atoms with van der Waals surface area (Å²) in [6, 6.07) is 0. The molecule has 0 saturated heterocycles. The second kappa shape index (κ2) is 5.79. The Kier molecular flexibility index (Phi) is 4.25. The Bertz CT molecular complexity index is 794. The molecule has 1 saturated carbocycles. The molecule has 27 heavy (non-hydrogen) atoms. The van der Waals surface area contributed by atoms with Crippen LogP contribution in [0, 0.1) is 16.2 Å². The Hall–Kier alpha value is -1.92. The van der Waals surface area contributed by atoms with E-state index in [4.69, 9.17) is 4.74 Å². The first-order valence-electron chi connectivity index (χ1n) is 9.26. The molecule has 5 atom stereocenters. The monoisotopic (exact) mass is 376 g/mol. The molecule has 6 nitrogen and oxygen atoms in total. The standard InChI is InChI=1S/C21H28O6/c1-6-18(2)9-10-21(26)12(11-18)14(23)15(24)16-19(3,17(25)27-5)8-7-13(22)20(16,21)4/h6,11,13,22,24,26H,1,7-10H2,2-5H3/t13-,18+,19-,20+,21-/m1/s1. The van der Waals surface area contributed by atoms with E-state index in [-0.39, 0.29) is 30.4 Å². The number of carbonyl (C=O) groups is 2. The molecular formula is C21H28O6. The number of rotatable bonds is 2. The van der Waals surface area contributed by atoms with Crippen molar-refractivity contribution in [2.45, 2.75) is 58.2 Å². The molecule has 0 radical (unpaired) electrons. The Morgan fingerprint density at radius 2 is 1.93 bits per heavy atom. The molecule has 0 aromatic carbocycles. The molecule has 0 unspecified atom stereocenters. The number of hydrogen-bond acceptors (Lipinski definition) is 6. The van der Waals surface area contributed by atoms with Crippen LogP contribution in [0.2, 0.25) is 0 Å². The first-order chi connectivity index (χ1) is 12.4. The average molecular weight is 376 g/mol. The van der Waals surface area contributed by atoms with Crippen LogP contribution in [0.25, 0.3) is 0 Å². The number of carbonyl (C=O) groups excluding carboxylic acids is 2. The summed E-state index contributed by atoms with van der Waals surface area (Å²) in [6.45, 7) is 8.93. The van der Waals surface area contributed by atoms with Crippen LogP contribution in [-0.4, -0.2) is 45.9 Å². The van der Waals surface area contributed by atoms with Crippen molar-refractivity contribution in [3.8, 4) is 0 Å². The van der Waals surface area contributed by atoms with Gasteiger partial charge in [-0.3, -0.25) is 9.59 Å². The van der Waals surface area contributed by atoms with E-state index in [1.54, 1.807) is 26.0 Å². The maximum absolute atomic E-state index is 13.1. The van der Waals surface area contributed by atoms with Gasteiger partial charge in [0.25, 0.3) is 0 Å². The summed E-state index contributed by atoms with van der Waals surface area (Å²) in [7, 11) is 1.24. The molecule has 1 fully saturated rings. The highest BCUT2D eigenvalue weighted by Crippen LogP contribution is 2.64. The lowest BCUT2D eigenvalue weighted by Crippen LogP contribution is -2.66. The summed E-state index contributed by atoms with van der Waals surface area (Å²) in [6.07, 6.45) is 3.50. The number of ketones is 1. The third kappa shape index (κ3) is 2.26. The van der Waals surface area contributed by atoms with Crippen LogP contribution in [0.3, 0.4) is 0 Å². The Morgan fingerprint density at radius 3 is 2.48 bits per heavy atom. The number of allylic oxidation sites excluding steroid dienone is 3. The van der Waals surface area contributed by atoms with Crippen molar-refractivity contribution < 1.29 is 29.6 Å². The minimum Gasteiger partial charge on any atom is -0.504 e. The first-order valence-corrected chi connectivity index (χ1v) is 9.26. The summed E-state index contributed by atoms with van der Waals surface area (Å²) in [5.41, 5.74) is -4.75. The lowest BCUT2D eigenvalue weighted by molar-refractivity contribution is -0.167. The summed E-state index contributed by atoms with van der Waals surface area (Å²) in [5.74, 6) is -1.88. The molecule has 0 heterocycles. The SMILES string of the molecule is C=C[C@]1(C)C=C2C(=O)C(O)=C3[C@](C)(C(=O)OC)CC[C@@H](O)[C@]3(C)[C@@]2(O)CC1. The molecule has 3 N–H and O–H groups in total. The van der Waals surface area contributed by atoms with E-state index in [1.807, 2.05) is 6.92 Å². The van der Waals surface area contributed by atoms with Crippen molar-refractivity contribution in [1.82, 2.24) is 0 Å². The van der Waals surface area contributed by atoms with Gasteiger partial charge in [-0.25, -0.2) is 0 Å². The number of aliphatic hydroxyl groups excluding tert-OH is 2. The fourth-order valence-electron chi connectivity index (χ4n) is 5.30. The summed E-state index contributed by atoms with van der Waals surface area (Å²) < 4.78 is 4.94. The quantitative estimate of drug-likeness (QED) is 0.505. The molecule has 6 heteroatoms. The van der Waals surface area contributed by atoms with Crippen LogP contribution in [0.15, 0.2) is 35.6 Å². The van der Waals surface area contributed by atoms with Crippen molar-refractivity contribution >= 4 is 11.8 Å². The molecule has 3 aliphatic rings. The Balaban J connectivity index is 2.36. The molecular weight excluding hydrogens is 348 g/mol. The highest BCUT2D eigenvalue weighted by molar-refractivity contribution is 6.11. The molecule has 0 aromatic heterocycles. The predicted molar refractivity (Wildman–Crippen MR) is 98.7 cm³/mol. The zero-order valence-corrected chi connectivity index (χ0v) is 16.3. The summed E-state index contributed by atoms with van der Waals surface area (Å²) in [5, 5.41) is 33.5. The van der Waals surface area contributed by atoms with Crippen LogP contribution < -0.4 is 0 Å². The average Bonchev–Trinajstić information content (AvgIpc) is 2.64. The second-order valence-corrected chi connectivity index (χ2v) is 8.76. The third-order valence-corrected chi connectivity index (χ3v) is 7.26. The van der Waals surface area contributed by atoms with E-state index < -0.39 is 45.5 Å². The highest BCUT2D eigenvalue weighted by atomic mass is 16.5. The lowest BCUT2D eigenvalue weighted by atomic mass is 9.45. The molecule has 148 valence electrons. The third-order valence-electron chi connectivity index (χ3n) is 7.26. The summed E-state index contributed by atoms with van der Waals surface area (Å²) in [4.78, 5) is 25.7. The number of aliphatic hydroxyl groups is 3. The molecule has 0 spiro atoms. The Morgan fingerprint density at radius 1 is 1.30 bits per heavy atom. The number of hydrogen-bond donors (Lipinski definition) is 3. The van der Waals surface area contributed by atoms with Gasteiger partial charge < -0.3 is 20.1 Å². The van der Waals surface area contributed by atoms with Crippen molar-refractivity contribution in [2.75, 3.05) is 7.11 Å². The van der Waals surface area contributed by atoms with E-state index in [0.717, 1.165) is 0 Å². The van der Waals surface area contributed by atoms with E-state index >= 15 is 0 Å². The predicted octanol–water partition coefficient (Wildman–Crippen LogP) is 2.37. The maximum Gasteiger partial charge on any atom is 0.315 e. The number of methoxy groups -OCH3 is 1. The van der Waals surface area contributed by atoms with Gasteiger partial charge in [-0.1, -0.05) is 26.0 Å². The van der Waals surface area contributed by atoms with Gasteiger partial charge in [-0.2, -0.15) is 0 Å². The Labute approximate surface area is 159 Å². The molecule has 0 bridgehead atoms. The van der Waals surface area contributed by atoms with Crippen LogP contribution in [0.1, 0.15) is 46.5 Å². The van der Waals surface area contributed by atoms with Gasteiger partial charge in [0.15, 0.2) is 5.76 Å². The lowest BCUT2D eigenvalue weighted by Gasteiger charge is -2.60. The van der Waals surface area contributed by atoms with Crippen LogP contribution in [0.4, 0.5) is 0 Å². The maximum atomic E-state index is 13.1. The normalized spacial score (nSPS) is 44.1. The fraction of sp³-hybridized carbons (Fsp3) is 0.619. The zero-order chi connectivity index (χ0) is 20.4. The van der Waals surface area contributed by atoms with Gasteiger partial charge in [-0.15, -0.1) is 6.58 Å². The second-order valence-electron chi connectivity index (χ2n) is 8.76. The zero-order valence-electron chi connectivity index (χ0n) is 16.3. The smallest absolute Gasteiger partial charge is 0.315 e. The van der Waals surface area contributed by atoms with Crippen molar-refractivity contribution in [3.63, 3.8) is 0 Å². The van der Waals surface area contributed by atoms with Gasteiger partial charge in [-0.05, 0) is 32.6 Å². The van der Waals surface area contributed by atoms with E-state index in [2.05, 4.69) is 6.58 Å².